The Hall–Kier alpha value is -4.72. The number of non-ortho nitro benzene ring substituents is 2. The minimum absolute atomic E-state index is 0.0133. The van der Waals surface area contributed by atoms with Gasteiger partial charge in [-0.1, -0.05) is 12.1 Å². The minimum Gasteiger partial charge on any atom is -0.494 e. The first-order valence-corrected chi connectivity index (χ1v) is 10.4. The summed E-state index contributed by atoms with van der Waals surface area (Å²) in [5, 5.41) is 34.9. The summed E-state index contributed by atoms with van der Waals surface area (Å²) in [7, 11) is 1.39. The molecule has 4 rings (SSSR count). The largest absolute Gasteiger partial charge is 0.494 e. The highest BCUT2D eigenvalue weighted by atomic mass is 32.1. The van der Waals surface area contributed by atoms with Crippen molar-refractivity contribution >= 4 is 34.1 Å². The van der Waals surface area contributed by atoms with Crippen LogP contribution in [0.5, 0.6) is 5.75 Å². The van der Waals surface area contributed by atoms with Crippen LogP contribution < -0.4 is 10.3 Å². The van der Waals surface area contributed by atoms with E-state index in [1.54, 1.807) is 24.4 Å². The molecule has 2 aromatic heterocycles. The van der Waals surface area contributed by atoms with E-state index in [1.807, 2.05) is 0 Å². The van der Waals surface area contributed by atoms with E-state index in [9.17, 15) is 25.0 Å². The molecule has 2 aromatic carbocycles. The van der Waals surface area contributed by atoms with Gasteiger partial charge in [0.2, 0.25) is 5.13 Å². The van der Waals surface area contributed by atoms with Gasteiger partial charge in [0.15, 0.2) is 5.69 Å². The van der Waals surface area contributed by atoms with Crippen molar-refractivity contribution in [2.24, 2.45) is 10.2 Å². The lowest BCUT2D eigenvalue weighted by Gasteiger charge is -2.02. The van der Waals surface area contributed by atoms with E-state index in [-0.39, 0.29) is 28.5 Å². The van der Waals surface area contributed by atoms with Crippen molar-refractivity contribution in [1.82, 2.24) is 14.8 Å². The number of nitrogens with zero attached hydrogens (tertiary/aromatic N) is 6. The van der Waals surface area contributed by atoms with E-state index < -0.39 is 15.4 Å². The second-order valence-electron chi connectivity index (χ2n) is 6.86. The second kappa shape index (κ2) is 9.03. The molecule has 0 aliphatic heterocycles. The number of ether oxygens (including phenoxy) is 1. The fraction of sp³-hybridized carbons (Fsp3) is 0.100. The van der Waals surface area contributed by atoms with Crippen LogP contribution in [-0.4, -0.2) is 31.7 Å². The first-order valence-electron chi connectivity index (χ1n) is 9.55. The first-order chi connectivity index (χ1) is 16.3. The van der Waals surface area contributed by atoms with Crippen molar-refractivity contribution in [3.8, 4) is 22.1 Å². The molecular formula is C20H15N7O6S. The van der Waals surface area contributed by atoms with E-state index in [0.29, 0.717) is 22.1 Å². The first kappa shape index (κ1) is 22.5. The number of rotatable bonds is 7. The van der Waals surface area contributed by atoms with E-state index in [0.717, 1.165) is 11.3 Å². The van der Waals surface area contributed by atoms with Gasteiger partial charge < -0.3 is 4.74 Å². The van der Waals surface area contributed by atoms with Gasteiger partial charge in [-0.3, -0.25) is 30.1 Å². The van der Waals surface area contributed by atoms with Crippen LogP contribution in [0, 0.1) is 27.2 Å². The molecule has 0 fully saturated rings. The lowest BCUT2D eigenvalue weighted by Crippen LogP contribution is -2.13. The van der Waals surface area contributed by atoms with Crippen molar-refractivity contribution in [3.63, 3.8) is 0 Å². The van der Waals surface area contributed by atoms with Gasteiger partial charge in [0.05, 0.1) is 28.3 Å². The number of aryl methyl sites for hydroxylation is 1. The third kappa shape index (κ3) is 4.29. The molecule has 0 unspecified atom stereocenters. The number of benzene rings is 2. The number of H-pyrrole nitrogens is 1. The van der Waals surface area contributed by atoms with Crippen molar-refractivity contribution in [3.05, 3.63) is 84.1 Å². The third-order valence-corrected chi connectivity index (χ3v) is 5.53. The van der Waals surface area contributed by atoms with Crippen molar-refractivity contribution in [2.45, 2.75) is 6.92 Å². The summed E-state index contributed by atoms with van der Waals surface area (Å²) in [4.78, 5) is 38.4. The molecule has 2 heterocycles. The minimum atomic E-state index is -0.575. The number of hydrogen-bond donors (Lipinski definition) is 1. The molecule has 0 atom stereocenters. The van der Waals surface area contributed by atoms with E-state index >= 15 is 0 Å². The molecule has 0 saturated heterocycles. The number of nitrogens with one attached hydrogen (secondary N) is 1. The quantitative estimate of drug-likeness (QED) is 0.223. The highest BCUT2D eigenvalue weighted by Crippen LogP contribution is 2.33. The SMILES string of the molecule is COc1ccc([N+](=O)[O-])cc1N=Nc1c(C)[nH]n(-c2nc(-c3cccc([N+](=O)[O-])c3)cs2)c1=O. The van der Waals surface area contributed by atoms with Gasteiger partial charge >= 0.3 is 5.56 Å². The molecule has 13 nitrogen and oxygen atoms in total. The van der Waals surface area contributed by atoms with Gasteiger partial charge in [0.25, 0.3) is 11.4 Å². The van der Waals surface area contributed by atoms with E-state index in [2.05, 4.69) is 20.3 Å². The Labute approximate surface area is 194 Å². The fourth-order valence-electron chi connectivity index (χ4n) is 3.04. The van der Waals surface area contributed by atoms with Gasteiger partial charge in [0, 0.05) is 35.2 Å². The molecule has 14 heteroatoms. The highest BCUT2D eigenvalue weighted by molar-refractivity contribution is 7.12. The molecular weight excluding hydrogens is 466 g/mol. The molecule has 0 saturated carbocycles. The predicted octanol–water partition coefficient (Wildman–Crippen LogP) is 4.84. The molecule has 4 aromatic rings. The third-order valence-electron chi connectivity index (χ3n) is 4.71. The predicted molar refractivity (Wildman–Crippen MR) is 123 cm³/mol. The van der Waals surface area contributed by atoms with Crippen LogP contribution in [0.2, 0.25) is 0 Å². The number of aromatic nitrogens is 3. The normalized spacial score (nSPS) is 11.1. The zero-order chi connectivity index (χ0) is 24.4. The highest BCUT2D eigenvalue weighted by Gasteiger charge is 2.17. The van der Waals surface area contributed by atoms with Crippen molar-refractivity contribution in [2.75, 3.05) is 7.11 Å². The van der Waals surface area contributed by atoms with E-state index in [4.69, 9.17) is 4.74 Å². The van der Waals surface area contributed by atoms with Crippen LogP contribution in [0.4, 0.5) is 22.7 Å². The molecule has 0 aliphatic carbocycles. The average molecular weight is 481 g/mol. The zero-order valence-electron chi connectivity index (χ0n) is 17.7. The Kier molecular flexibility index (Phi) is 5.97. The van der Waals surface area contributed by atoms with Crippen LogP contribution in [0.15, 0.2) is 62.9 Å². The summed E-state index contributed by atoms with van der Waals surface area (Å²) in [6.45, 7) is 1.62. The summed E-state index contributed by atoms with van der Waals surface area (Å²) < 4.78 is 6.33. The Morgan fingerprint density at radius 3 is 2.53 bits per heavy atom. The fourth-order valence-corrected chi connectivity index (χ4v) is 3.83. The maximum atomic E-state index is 12.9. The lowest BCUT2D eigenvalue weighted by molar-refractivity contribution is -0.385. The van der Waals surface area contributed by atoms with E-state index in [1.165, 1.54) is 42.1 Å². The summed E-state index contributed by atoms with van der Waals surface area (Å²) in [6, 6.07) is 9.86. The standard InChI is InChI=1S/C20H15N7O6S/c1-11-18(23-22-15-9-14(27(31)32)6-7-17(15)33-2)19(28)25(24-11)20-21-16(10-34-20)12-4-3-5-13(8-12)26(29)30/h3-10,24H,1-2H3. The van der Waals surface area contributed by atoms with Gasteiger partial charge in [-0.05, 0) is 13.0 Å². The number of aromatic amines is 1. The molecule has 0 radical (unpaired) electrons. The van der Waals surface area contributed by atoms with Gasteiger partial charge in [-0.15, -0.1) is 21.6 Å². The molecule has 0 bridgehead atoms. The summed E-state index contributed by atoms with van der Waals surface area (Å²) in [6.07, 6.45) is 0. The maximum Gasteiger partial charge on any atom is 0.301 e. The van der Waals surface area contributed by atoms with Crippen molar-refractivity contribution < 1.29 is 14.6 Å². The molecule has 172 valence electrons. The van der Waals surface area contributed by atoms with Gasteiger partial charge in [0.1, 0.15) is 11.4 Å². The summed E-state index contributed by atoms with van der Waals surface area (Å²) in [5.74, 6) is 0.254. The number of azo groups is 1. The van der Waals surface area contributed by atoms with Crippen molar-refractivity contribution in [1.29, 1.82) is 0 Å². The molecule has 0 aliphatic rings. The smallest absolute Gasteiger partial charge is 0.301 e. The topological polar surface area (TPSA) is 171 Å². The lowest BCUT2D eigenvalue weighted by atomic mass is 10.1. The maximum absolute atomic E-state index is 12.9. The molecule has 0 spiro atoms. The molecule has 0 amide bonds. The Morgan fingerprint density at radius 2 is 1.82 bits per heavy atom. The Balaban J connectivity index is 1.68. The zero-order valence-corrected chi connectivity index (χ0v) is 18.5. The molecule has 34 heavy (non-hydrogen) atoms. The van der Waals surface area contributed by atoms with Crippen LogP contribution in [0.25, 0.3) is 16.4 Å². The number of nitro groups is 2. The summed E-state index contributed by atoms with van der Waals surface area (Å²) in [5.41, 5.74) is 0.661. The summed E-state index contributed by atoms with van der Waals surface area (Å²) >= 11 is 1.16. The van der Waals surface area contributed by atoms with Crippen LogP contribution in [-0.2, 0) is 0 Å². The Bertz CT molecular complexity index is 1500. The van der Waals surface area contributed by atoms with Gasteiger partial charge in [-0.2, -0.15) is 4.68 Å². The number of thiazole rings is 1. The van der Waals surface area contributed by atoms with Crippen LogP contribution >= 0.6 is 11.3 Å². The van der Waals surface area contributed by atoms with Gasteiger partial charge in [-0.25, -0.2) is 4.98 Å². The Morgan fingerprint density at radius 1 is 1.09 bits per heavy atom. The number of nitro benzene ring substituents is 2. The average Bonchev–Trinajstić information content (AvgIpc) is 3.42. The second-order valence-corrected chi connectivity index (χ2v) is 7.70. The number of hydrogen-bond acceptors (Lipinski definition) is 10. The number of methoxy groups -OCH3 is 1. The molecule has 1 N–H and O–H groups in total. The van der Waals surface area contributed by atoms with Crippen LogP contribution in [0.1, 0.15) is 5.69 Å². The monoisotopic (exact) mass is 481 g/mol. The van der Waals surface area contributed by atoms with Crippen LogP contribution in [0.3, 0.4) is 0 Å².